The average molecular weight is 343 g/mol. The number of benzene rings is 1. The lowest BCUT2D eigenvalue weighted by Gasteiger charge is -2.08. The molecule has 0 bridgehead atoms. The molecule has 0 aliphatic heterocycles. The van der Waals surface area contributed by atoms with E-state index in [4.69, 9.17) is 5.73 Å². The van der Waals surface area contributed by atoms with Gasteiger partial charge in [-0.15, -0.1) is 12.4 Å². The van der Waals surface area contributed by atoms with Crippen molar-refractivity contribution in [3.8, 4) is 0 Å². The van der Waals surface area contributed by atoms with Crippen LogP contribution in [0.1, 0.15) is 46.7 Å². The molecule has 0 saturated heterocycles. The fourth-order valence-corrected chi connectivity index (χ4v) is 1.83. The van der Waals surface area contributed by atoms with Gasteiger partial charge in [0, 0.05) is 12.6 Å². The fraction of sp³-hybridized carbons (Fsp3) is 0.267. The highest BCUT2D eigenvalue weighted by Crippen LogP contribution is 2.15. The molecule has 0 fully saturated rings. The Balaban J connectivity index is 0.00000264. The second kappa shape index (κ2) is 8.50. The molecule has 0 saturated carbocycles. The predicted octanol–water partition coefficient (Wildman–Crippen LogP) is 2.79. The van der Waals surface area contributed by atoms with Crippen LogP contribution < -0.4 is 11.1 Å². The highest BCUT2D eigenvalue weighted by Gasteiger charge is 2.13. The van der Waals surface area contributed by atoms with Crippen molar-refractivity contribution in [1.29, 1.82) is 0 Å². The normalized spacial score (nSPS) is 11.7. The Labute approximate surface area is 138 Å². The Bertz CT molecular complexity index is 650. The highest BCUT2D eigenvalue weighted by atomic mass is 35.5. The van der Waals surface area contributed by atoms with Gasteiger partial charge in [-0.3, -0.25) is 4.79 Å². The number of amides is 1. The Morgan fingerprint density at radius 1 is 1.26 bits per heavy atom. The van der Waals surface area contributed by atoms with Crippen molar-refractivity contribution in [2.45, 2.75) is 25.9 Å². The van der Waals surface area contributed by atoms with Crippen LogP contribution in [0, 0.1) is 0 Å². The minimum Gasteiger partial charge on any atom is -0.347 e. The Morgan fingerprint density at radius 2 is 1.91 bits per heavy atom. The molecule has 1 amide bonds. The second-order valence-electron chi connectivity index (χ2n) is 4.84. The number of nitrogens with one attached hydrogen (secondary N) is 1. The van der Waals surface area contributed by atoms with E-state index in [9.17, 15) is 13.6 Å². The number of nitrogens with zero attached hydrogens (tertiary/aromatic N) is 2. The molecule has 1 aromatic heterocycles. The van der Waals surface area contributed by atoms with Gasteiger partial charge in [0.05, 0.1) is 0 Å². The molecule has 1 heterocycles. The molecule has 0 aliphatic rings. The molecule has 0 radical (unpaired) electrons. The van der Waals surface area contributed by atoms with Gasteiger partial charge in [0.2, 0.25) is 0 Å². The summed E-state index contributed by atoms with van der Waals surface area (Å²) in [7, 11) is 0. The van der Waals surface area contributed by atoms with E-state index in [1.54, 1.807) is 0 Å². The third-order valence-corrected chi connectivity index (χ3v) is 3.10. The van der Waals surface area contributed by atoms with Gasteiger partial charge in [0.1, 0.15) is 17.7 Å². The molecule has 2 rings (SSSR count). The maximum Gasteiger partial charge on any atom is 0.280 e. The molecule has 0 aliphatic carbocycles. The molecule has 0 unspecified atom stereocenters. The summed E-state index contributed by atoms with van der Waals surface area (Å²) in [6, 6.07) is 8.39. The van der Waals surface area contributed by atoms with E-state index in [2.05, 4.69) is 15.3 Å². The van der Waals surface area contributed by atoms with Gasteiger partial charge < -0.3 is 11.1 Å². The quantitative estimate of drug-likeness (QED) is 0.875. The van der Waals surface area contributed by atoms with Gasteiger partial charge in [-0.2, -0.15) is 0 Å². The van der Waals surface area contributed by atoms with Crippen LogP contribution in [0.25, 0.3) is 0 Å². The molecule has 2 aromatic rings. The third-order valence-electron chi connectivity index (χ3n) is 3.10. The minimum atomic E-state index is -2.74. The summed E-state index contributed by atoms with van der Waals surface area (Å²) in [6.45, 7) is 2.15. The maximum atomic E-state index is 12.5. The summed E-state index contributed by atoms with van der Waals surface area (Å²) in [5, 5.41) is 2.62. The largest absolute Gasteiger partial charge is 0.347 e. The van der Waals surface area contributed by atoms with Crippen molar-refractivity contribution < 1.29 is 13.6 Å². The predicted molar refractivity (Wildman–Crippen MR) is 84.5 cm³/mol. The molecular weight excluding hydrogens is 326 g/mol. The van der Waals surface area contributed by atoms with Crippen LogP contribution in [0.4, 0.5) is 8.78 Å². The molecular formula is C15H17ClF2N4O. The monoisotopic (exact) mass is 342 g/mol. The first-order valence-electron chi connectivity index (χ1n) is 6.70. The standard InChI is InChI=1S/C15H16F2N4O.ClH/c1-9(18)11-4-2-10(3-5-11)7-19-15(22)13-6-12(14(16)17)20-8-21-13;/h2-6,8-9,14H,7,18H2,1H3,(H,19,22);1H/t9-;/m0./s1. The van der Waals surface area contributed by atoms with E-state index < -0.39 is 18.0 Å². The summed E-state index contributed by atoms with van der Waals surface area (Å²) >= 11 is 0. The number of halogens is 3. The van der Waals surface area contributed by atoms with Crippen molar-refractivity contribution in [2.75, 3.05) is 0 Å². The summed E-state index contributed by atoms with van der Waals surface area (Å²) in [5.74, 6) is -0.527. The lowest BCUT2D eigenvalue weighted by Crippen LogP contribution is -2.24. The van der Waals surface area contributed by atoms with Crippen molar-refractivity contribution in [3.63, 3.8) is 0 Å². The lowest BCUT2D eigenvalue weighted by molar-refractivity contribution is 0.0944. The molecule has 5 nitrogen and oxygen atoms in total. The van der Waals surface area contributed by atoms with E-state index in [0.29, 0.717) is 0 Å². The number of carbonyl (C=O) groups excluding carboxylic acids is 1. The number of nitrogens with two attached hydrogens (primary N) is 1. The Kier molecular flexibility index (Phi) is 6.99. The lowest BCUT2D eigenvalue weighted by atomic mass is 10.1. The summed E-state index contributed by atoms with van der Waals surface area (Å²) < 4.78 is 25.1. The first kappa shape index (κ1) is 18.9. The van der Waals surface area contributed by atoms with E-state index in [0.717, 1.165) is 23.5 Å². The van der Waals surface area contributed by atoms with E-state index in [1.807, 2.05) is 31.2 Å². The molecule has 8 heteroatoms. The maximum absolute atomic E-state index is 12.5. The summed E-state index contributed by atoms with van der Waals surface area (Å²) in [4.78, 5) is 19.0. The molecule has 3 N–H and O–H groups in total. The van der Waals surface area contributed by atoms with Crippen LogP contribution in [0.3, 0.4) is 0 Å². The molecule has 1 atom stereocenters. The number of rotatable bonds is 5. The zero-order valence-corrected chi connectivity index (χ0v) is 13.2. The Hall–Kier alpha value is -2.12. The smallest absolute Gasteiger partial charge is 0.280 e. The van der Waals surface area contributed by atoms with E-state index >= 15 is 0 Å². The number of alkyl halides is 2. The van der Waals surface area contributed by atoms with Gasteiger partial charge in [0.15, 0.2) is 0 Å². The number of carbonyl (C=O) groups is 1. The highest BCUT2D eigenvalue weighted by molar-refractivity contribution is 5.92. The fourth-order valence-electron chi connectivity index (χ4n) is 1.83. The number of hydrogen-bond donors (Lipinski definition) is 2. The van der Waals surface area contributed by atoms with Crippen LogP contribution in [-0.2, 0) is 6.54 Å². The summed E-state index contributed by atoms with van der Waals surface area (Å²) in [6.07, 6.45) is -1.78. The number of hydrogen-bond acceptors (Lipinski definition) is 4. The third kappa shape index (κ3) is 5.22. The SMILES string of the molecule is C[C@H](N)c1ccc(CNC(=O)c2cc(C(F)F)ncn2)cc1.Cl. The Morgan fingerprint density at radius 3 is 2.48 bits per heavy atom. The molecule has 23 heavy (non-hydrogen) atoms. The van der Waals surface area contributed by atoms with Crippen LogP contribution in [0.15, 0.2) is 36.7 Å². The molecule has 0 spiro atoms. The first-order valence-corrected chi connectivity index (χ1v) is 6.70. The molecule has 1 aromatic carbocycles. The molecule has 124 valence electrons. The zero-order valence-electron chi connectivity index (χ0n) is 12.4. The van der Waals surface area contributed by atoms with E-state index in [-0.39, 0.29) is 30.7 Å². The van der Waals surface area contributed by atoms with Crippen LogP contribution in [0.5, 0.6) is 0 Å². The average Bonchev–Trinajstić information content (AvgIpc) is 2.53. The summed E-state index contributed by atoms with van der Waals surface area (Å²) in [5.41, 5.74) is 7.07. The van der Waals surface area contributed by atoms with Crippen LogP contribution >= 0.6 is 12.4 Å². The van der Waals surface area contributed by atoms with Crippen molar-refractivity contribution >= 4 is 18.3 Å². The van der Waals surface area contributed by atoms with Gasteiger partial charge >= 0.3 is 0 Å². The van der Waals surface area contributed by atoms with Crippen molar-refractivity contribution in [2.24, 2.45) is 5.73 Å². The van der Waals surface area contributed by atoms with Crippen LogP contribution in [-0.4, -0.2) is 15.9 Å². The first-order chi connectivity index (χ1) is 10.5. The van der Waals surface area contributed by atoms with Crippen LogP contribution in [0.2, 0.25) is 0 Å². The van der Waals surface area contributed by atoms with Gasteiger partial charge in [-0.1, -0.05) is 24.3 Å². The topological polar surface area (TPSA) is 80.9 Å². The zero-order chi connectivity index (χ0) is 16.1. The number of aromatic nitrogens is 2. The van der Waals surface area contributed by atoms with Gasteiger partial charge in [-0.25, -0.2) is 18.7 Å². The van der Waals surface area contributed by atoms with E-state index in [1.165, 1.54) is 0 Å². The second-order valence-corrected chi connectivity index (χ2v) is 4.84. The van der Waals surface area contributed by atoms with Gasteiger partial charge in [0.25, 0.3) is 12.3 Å². The minimum absolute atomic E-state index is 0. The van der Waals surface area contributed by atoms with Gasteiger partial charge in [-0.05, 0) is 24.1 Å². The van der Waals surface area contributed by atoms with Crippen molar-refractivity contribution in [3.05, 3.63) is 59.2 Å². The van der Waals surface area contributed by atoms with Crippen molar-refractivity contribution in [1.82, 2.24) is 15.3 Å².